The van der Waals surface area contributed by atoms with Gasteiger partial charge in [-0.3, -0.25) is 9.69 Å². The SMILES string of the molecule is CNCCC1CCN(Cc2cccc(C(=O)Nc3ccccc3)c2)CC1. The van der Waals surface area contributed by atoms with Crippen LogP contribution in [-0.2, 0) is 6.54 Å². The van der Waals surface area contributed by atoms with Gasteiger partial charge in [-0.1, -0.05) is 30.3 Å². The molecule has 0 unspecified atom stereocenters. The minimum atomic E-state index is -0.0520. The maximum Gasteiger partial charge on any atom is 0.255 e. The van der Waals surface area contributed by atoms with Crippen molar-refractivity contribution in [1.82, 2.24) is 10.2 Å². The van der Waals surface area contributed by atoms with Crippen molar-refractivity contribution >= 4 is 11.6 Å². The monoisotopic (exact) mass is 351 g/mol. The van der Waals surface area contributed by atoms with Gasteiger partial charge in [0.2, 0.25) is 0 Å². The molecular weight excluding hydrogens is 322 g/mol. The molecule has 1 aliphatic heterocycles. The first-order valence-corrected chi connectivity index (χ1v) is 9.57. The molecule has 138 valence electrons. The zero-order chi connectivity index (χ0) is 18.2. The lowest BCUT2D eigenvalue weighted by molar-refractivity contribution is 0.102. The molecule has 2 aromatic rings. The van der Waals surface area contributed by atoms with E-state index in [9.17, 15) is 4.79 Å². The molecule has 2 N–H and O–H groups in total. The van der Waals surface area contributed by atoms with E-state index in [1.807, 2.05) is 55.6 Å². The number of piperidine rings is 1. The van der Waals surface area contributed by atoms with E-state index in [0.29, 0.717) is 0 Å². The minimum Gasteiger partial charge on any atom is -0.322 e. The second kappa shape index (κ2) is 9.51. The second-order valence-electron chi connectivity index (χ2n) is 7.13. The van der Waals surface area contributed by atoms with Gasteiger partial charge >= 0.3 is 0 Å². The van der Waals surface area contributed by atoms with E-state index in [-0.39, 0.29) is 5.91 Å². The number of benzene rings is 2. The average Bonchev–Trinajstić information content (AvgIpc) is 2.68. The molecule has 1 amide bonds. The number of carbonyl (C=O) groups excluding carboxylic acids is 1. The van der Waals surface area contributed by atoms with E-state index in [0.717, 1.165) is 43.3 Å². The zero-order valence-electron chi connectivity index (χ0n) is 15.6. The third kappa shape index (κ3) is 5.41. The van der Waals surface area contributed by atoms with E-state index < -0.39 is 0 Å². The highest BCUT2D eigenvalue weighted by molar-refractivity contribution is 6.04. The number of anilines is 1. The molecule has 0 bridgehead atoms. The van der Waals surface area contributed by atoms with Crippen molar-refractivity contribution in [3.05, 3.63) is 65.7 Å². The van der Waals surface area contributed by atoms with Crippen LogP contribution >= 0.6 is 0 Å². The molecule has 1 fully saturated rings. The average molecular weight is 351 g/mol. The van der Waals surface area contributed by atoms with E-state index >= 15 is 0 Å². The summed E-state index contributed by atoms with van der Waals surface area (Å²) in [5.74, 6) is 0.797. The maximum absolute atomic E-state index is 12.5. The smallest absolute Gasteiger partial charge is 0.255 e. The summed E-state index contributed by atoms with van der Waals surface area (Å²) in [6.07, 6.45) is 3.82. The Labute approximate surface area is 156 Å². The Morgan fingerprint density at radius 2 is 1.85 bits per heavy atom. The first kappa shape index (κ1) is 18.6. The topological polar surface area (TPSA) is 44.4 Å². The van der Waals surface area contributed by atoms with Crippen LogP contribution in [-0.4, -0.2) is 37.5 Å². The number of amides is 1. The van der Waals surface area contributed by atoms with Crippen molar-refractivity contribution in [2.45, 2.75) is 25.8 Å². The molecule has 0 atom stereocenters. The number of hydrogen-bond acceptors (Lipinski definition) is 3. The number of hydrogen-bond donors (Lipinski definition) is 2. The second-order valence-corrected chi connectivity index (χ2v) is 7.13. The highest BCUT2D eigenvalue weighted by atomic mass is 16.1. The Balaban J connectivity index is 1.54. The van der Waals surface area contributed by atoms with Gasteiger partial charge in [-0.2, -0.15) is 0 Å². The summed E-state index contributed by atoms with van der Waals surface area (Å²) in [4.78, 5) is 15.0. The quantitative estimate of drug-likeness (QED) is 0.798. The molecule has 0 spiro atoms. The first-order valence-electron chi connectivity index (χ1n) is 9.57. The molecule has 2 aromatic carbocycles. The molecule has 26 heavy (non-hydrogen) atoms. The summed E-state index contributed by atoms with van der Waals surface area (Å²) in [5.41, 5.74) is 2.75. The number of nitrogens with one attached hydrogen (secondary N) is 2. The summed E-state index contributed by atoms with van der Waals surface area (Å²) in [7, 11) is 2.02. The molecule has 0 radical (unpaired) electrons. The zero-order valence-corrected chi connectivity index (χ0v) is 15.6. The van der Waals surface area contributed by atoms with Gasteiger partial charge in [-0.15, -0.1) is 0 Å². The fourth-order valence-electron chi connectivity index (χ4n) is 3.58. The Morgan fingerprint density at radius 1 is 1.08 bits per heavy atom. The first-order chi connectivity index (χ1) is 12.7. The Kier molecular flexibility index (Phi) is 6.81. The van der Waals surface area contributed by atoms with Gasteiger partial charge in [0.1, 0.15) is 0 Å². The van der Waals surface area contributed by atoms with Crippen molar-refractivity contribution in [2.24, 2.45) is 5.92 Å². The molecule has 1 heterocycles. The summed E-state index contributed by atoms with van der Waals surface area (Å²) in [5, 5.41) is 6.20. The van der Waals surface area contributed by atoms with Crippen LogP contribution in [0.1, 0.15) is 35.2 Å². The lowest BCUT2D eigenvalue weighted by Gasteiger charge is -2.32. The van der Waals surface area contributed by atoms with Crippen molar-refractivity contribution < 1.29 is 4.79 Å². The molecule has 0 aliphatic carbocycles. The van der Waals surface area contributed by atoms with E-state index in [1.54, 1.807) is 0 Å². The molecule has 0 saturated carbocycles. The molecule has 1 aliphatic rings. The van der Waals surface area contributed by atoms with Crippen LogP contribution in [0.3, 0.4) is 0 Å². The molecule has 4 nitrogen and oxygen atoms in total. The summed E-state index contributed by atoms with van der Waals surface area (Å²) in [6.45, 7) is 4.33. The summed E-state index contributed by atoms with van der Waals surface area (Å²) >= 11 is 0. The number of para-hydroxylation sites is 1. The third-order valence-corrected chi connectivity index (χ3v) is 5.14. The van der Waals surface area contributed by atoms with Gasteiger partial charge in [-0.25, -0.2) is 0 Å². The van der Waals surface area contributed by atoms with Gasteiger partial charge in [-0.05, 0) is 81.7 Å². The van der Waals surface area contributed by atoms with Crippen molar-refractivity contribution in [3.63, 3.8) is 0 Å². The standard InChI is InChI=1S/C22H29N3O/c1-23-13-10-18-11-14-25(15-12-18)17-19-6-5-7-20(16-19)22(26)24-21-8-3-2-4-9-21/h2-9,16,18,23H,10-15,17H2,1H3,(H,24,26). The van der Waals surface area contributed by atoms with Gasteiger partial charge in [0.15, 0.2) is 0 Å². The lowest BCUT2D eigenvalue weighted by atomic mass is 9.93. The van der Waals surface area contributed by atoms with Gasteiger partial charge in [0, 0.05) is 17.8 Å². The van der Waals surface area contributed by atoms with Crippen LogP contribution in [0.4, 0.5) is 5.69 Å². The van der Waals surface area contributed by atoms with Crippen LogP contribution in [0, 0.1) is 5.92 Å². The predicted octanol–water partition coefficient (Wildman–Crippen LogP) is 3.76. The van der Waals surface area contributed by atoms with Crippen LogP contribution in [0.25, 0.3) is 0 Å². The Morgan fingerprint density at radius 3 is 2.58 bits per heavy atom. The van der Waals surface area contributed by atoms with Gasteiger partial charge in [0.05, 0.1) is 0 Å². The highest BCUT2D eigenvalue weighted by Crippen LogP contribution is 2.21. The minimum absolute atomic E-state index is 0.0520. The molecule has 0 aromatic heterocycles. The maximum atomic E-state index is 12.5. The van der Waals surface area contributed by atoms with Crippen molar-refractivity contribution in [1.29, 1.82) is 0 Å². The largest absolute Gasteiger partial charge is 0.322 e. The molecule has 3 rings (SSSR count). The van der Waals surface area contributed by atoms with Crippen LogP contribution in [0.15, 0.2) is 54.6 Å². The number of rotatable bonds is 7. The molecule has 4 heteroatoms. The molecular formula is C22H29N3O. The van der Waals surface area contributed by atoms with Gasteiger partial charge < -0.3 is 10.6 Å². The van der Waals surface area contributed by atoms with Crippen LogP contribution < -0.4 is 10.6 Å². The summed E-state index contributed by atoms with van der Waals surface area (Å²) in [6, 6.07) is 17.6. The molecule has 1 saturated heterocycles. The van der Waals surface area contributed by atoms with Crippen LogP contribution in [0.2, 0.25) is 0 Å². The highest BCUT2D eigenvalue weighted by Gasteiger charge is 2.19. The van der Waals surface area contributed by atoms with Crippen molar-refractivity contribution in [2.75, 3.05) is 32.0 Å². The number of nitrogens with zero attached hydrogens (tertiary/aromatic N) is 1. The van der Waals surface area contributed by atoms with Gasteiger partial charge in [0.25, 0.3) is 5.91 Å². The Hall–Kier alpha value is -2.17. The lowest BCUT2D eigenvalue weighted by Crippen LogP contribution is -2.34. The number of carbonyl (C=O) groups is 1. The van der Waals surface area contributed by atoms with E-state index in [4.69, 9.17) is 0 Å². The normalized spacial score (nSPS) is 15.7. The fourth-order valence-corrected chi connectivity index (χ4v) is 3.58. The van der Waals surface area contributed by atoms with E-state index in [1.165, 1.54) is 24.8 Å². The predicted molar refractivity (Wildman–Crippen MR) is 107 cm³/mol. The van der Waals surface area contributed by atoms with E-state index in [2.05, 4.69) is 21.6 Å². The van der Waals surface area contributed by atoms with Crippen molar-refractivity contribution in [3.8, 4) is 0 Å². The Bertz CT molecular complexity index is 694. The third-order valence-electron chi connectivity index (χ3n) is 5.14. The summed E-state index contributed by atoms with van der Waals surface area (Å²) < 4.78 is 0. The fraction of sp³-hybridized carbons (Fsp3) is 0.409. The van der Waals surface area contributed by atoms with Crippen LogP contribution in [0.5, 0.6) is 0 Å². The number of likely N-dealkylation sites (tertiary alicyclic amines) is 1.